The predicted octanol–water partition coefficient (Wildman–Crippen LogP) is 3.97. The summed E-state index contributed by atoms with van der Waals surface area (Å²) >= 11 is 0. The summed E-state index contributed by atoms with van der Waals surface area (Å²) in [7, 11) is 0. The molecule has 0 saturated heterocycles. The Labute approximate surface area is 111 Å². The van der Waals surface area contributed by atoms with Crippen molar-refractivity contribution in [3.8, 4) is 5.75 Å². The maximum absolute atomic E-state index is 6.01. The fraction of sp³-hybridized carbons (Fsp3) is 0.625. The van der Waals surface area contributed by atoms with Crippen LogP contribution in [0.2, 0.25) is 0 Å². The summed E-state index contributed by atoms with van der Waals surface area (Å²) in [6.07, 6.45) is 6.76. The van der Waals surface area contributed by atoms with Crippen LogP contribution in [0.15, 0.2) is 18.2 Å². The van der Waals surface area contributed by atoms with Crippen molar-refractivity contribution >= 4 is 0 Å². The monoisotopic (exact) mass is 247 g/mol. The zero-order chi connectivity index (χ0) is 13.0. The molecule has 1 aromatic carbocycles. The van der Waals surface area contributed by atoms with Crippen LogP contribution in [-0.4, -0.2) is 6.61 Å². The van der Waals surface area contributed by atoms with Gasteiger partial charge in [0.1, 0.15) is 5.75 Å². The van der Waals surface area contributed by atoms with Gasteiger partial charge in [0.2, 0.25) is 0 Å². The van der Waals surface area contributed by atoms with Gasteiger partial charge in [0, 0.05) is 11.6 Å². The minimum absolute atomic E-state index is 0.0336. The first-order valence-corrected chi connectivity index (χ1v) is 7.15. The van der Waals surface area contributed by atoms with Crippen molar-refractivity contribution in [2.45, 2.75) is 52.0 Å². The third kappa shape index (κ3) is 3.49. The molecule has 0 unspecified atom stereocenters. The Hall–Kier alpha value is -1.02. The fourth-order valence-corrected chi connectivity index (χ4v) is 2.72. The van der Waals surface area contributed by atoms with E-state index in [1.807, 2.05) is 6.92 Å². The molecule has 0 aromatic heterocycles. The Balaban J connectivity index is 1.99. The quantitative estimate of drug-likeness (QED) is 0.873. The predicted molar refractivity (Wildman–Crippen MR) is 75.9 cm³/mol. The van der Waals surface area contributed by atoms with Crippen molar-refractivity contribution in [1.29, 1.82) is 0 Å². The van der Waals surface area contributed by atoms with E-state index in [0.29, 0.717) is 0 Å². The molecule has 0 heterocycles. The summed E-state index contributed by atoms with van der Waals surface area (Å²) in [5.74, 6) is 1.71. The first-order valence-electron chi connectivity index (χ1n) is 7.15. The molecule has 1 aromatic rings. The first kappa shape index (κ1) is 13.4. The molecule has 2 N–H and O–H groups in total. The van der Waals surface area contributed by atoms with Gasteiger partial charge < -0.3 is 10.5 Å². The van der Waals surface area contributed by atoms with Crippen LogP contribution in [0.25, 0.3) is 0 Å². The van der Waals surface area contributed by atoms with Crippen molar-refractivity contribution < 1.29 is 4.74 Å². The van der Waals surface area contributed by atoms with E-state index in [9.17, 15) is 0 Å². The van der Waals surface area contributed by atoms with Gasteiger partial charge in [-0.1, -0.05) is 37.0 Å². The molecule has 0 aliphatic heterocycles. The summed E-state index contributed by atoms with van der Waals surface area (Å²) in [6.45, 7) is 4.96. The Morgan fingerprint density at radius 1 is 1.28 bits per heavy atom. The molecule has 100 valence electrons. The number of benzene rings is 1. The molecular formula is C16H25NO. The van der Waals surface area contributed by atoms with Crippen LogP contribution in [0.3, 0.4) is 0 Å². The van der Waals surface area contributed by atoms with E-state index in [0.717, 1.165) is 23.8 Å². The smallest absolute Gasteiger partial charge is 0.124 e. The van der Waals surface area contributed by atoms with Crippen LogP contribution in [0.4, 0.5) is 0 Å². The van der Waals surface area contributed by atoms with Gasteiger partial charge in [0.25, 0.3) is 0 Å². The molecule has 2 rings (SSSR count). The van der Waals surface area contributed by atoms with E-state index in [1.165, 1.54) is 37.7 Å². The highest BCUT2D eigenvalue weighted by atomic mass is 16.5. The van der Waals surface area contributed by atoms with Crippen molar-refractivity contribution in [2.24, 2.45) is 11.7 Å². The number of hydrogen-bond donors (Lipinski definition) is 1. The van der Waals surface area contributed by atoms with Crippen molar-refractivity contribution in [3.63, 3.8) is 0 Å². The summed E-state index contributed by atoms with van der Waals surface area (Å²) in [4.78, 5) is 0. The highest BCUT2D eigenvalue weighted by molar-refractivity contribution is 5.38. The SMILES string of the molecule is Cc1ccc(OCC2CCCCC2)c([C@@H](C)N)c1. The highest BCUT2D eigenvalue weighted by Gasteiger charge is 2.15. The Bertz CT molecular complexity index is 381. The maximum atomic E-state index is 6.01. The molecular weight excluding hydrogens is 222 g/mol. The number of aryl methyl sites for hydroxylation is 1. The lowest BCUT2D eigenvalue weighted by Crippen LogP contribution is -2.17. The molecule has 1 aliphatic carbocycles. The summed E-state index contributed by atoms with van der Waals surface area (Å²) < 4.78 is 6.01. The number of rotatable bonds is 4. The second-order valence-electron chi connectivity index (χ2n) is 5.64. The molecule has 0 spiro atoms. The third-order valence-corrected chi connectivity index (χ3v) is 3.86. The van der Waals surface area contributed by atoms with E-state index in [2.05, 4.69) is 25.1 Å². The van der Waals surface area contributed by atoms with E-state index < -0.39 is 0 Å². The van der Waals surface area contributed by atoms with Crippen LogP contribution in [-0.2, 0) is 0 Å². The molecule has 1 aliphatic rings. The molecule has 1 saturated carbocycles. The highest BCUT2D eigenvalue weighted by Crippen LogP contribution is 2.28. The molecule has 0 bridgehead atoms. The minimum Gasteiger partial charge on any atom is -0.493 e. The van der Waals surface area contributed by atoms with Crippen LogP contribution in [0.1, 0.15) is 56.2 Å². The largest absolute Gasteiger partial charge is 0.493 e. The van der Waals surface area contributed by atoms with Crippen LogP contribution in [0, 0.1) is 12.8 Å². The lowest BCUT2D eigenvalue weighted by Gasteiger charge is -2.23. The second-order valence-corrected chi connectivity index (χ2v) is 5.64. The Morgan fingerprint density at radius 3 is 2.67 bits per heavy atom. The molecule has 18 heavy (non-hydrogen) atoms. The van der Waals surface area contributed by atoms with Gasteiger partial charge in [-0.05, 0) is 38.7 Å². The molecule has 1 atom stereocenters. The molecule has 0 radical (unpaired) electrons. The van der Waals surface area contributed by atoms with Crippen LogP contribution < -0.4 is 10.5 Å². The number of ether oxygens (including phenoxy) is 1. The maximum Gasteiger partial charge on any atom is 0.124 e. The van der Waals surface area contributed by atoms with E-state index >= 15 is 0 Å². The summed E-state index contributed by atoms with van der Waals surface area (Å²) in [6, 6.07) is 6.34. The summed E-state index contributed by atoms with van der Waals surface area (Å²) in [5.41, 5.74) is 8.39. The van der Waals surface area contributed by atoms with Gasteiger partial charge in [0.15, 0.2) is 0 Å². The Morgan fingerprint density at radius 2 is 2.00 bits per heavy atom. The van der Waals surface area contributed by atoms with Gasteiger partial charge in [-0.3, -0.25) is 0 Å². The fourth-order valence-electron chi connectivity index (χ4n) is 2.72. The van der Waals surface area contributed by atoms with Crippen LogP contribution in [0.5, 0.6) is 5.75 Å². The lowest BCUT2D eigenvalue weighted by molar-refractivity contribution is 0.207. The van der Waals surface area contributed by atoms with Gasteiger partial charge >= 0.3 is 0 Å². The first-order chi connectivity index (χ1) is 8.66. The number of nitrogens with two attached hydrogens (primary N) is 1. The molecule has 2 heteroatoms. The van der Waals surface area contributed by atoms with Crippen molar-refractivity contribution in [2.75, 3.05) is 6.61 Å². The van der Waals surface area contributed by atoms with E-state index in [1.54, 1.807) is 0 Å². The van der Waals surface area contributed by atoms with E-state index in [-0.39, 0.29) is 6.04 Å². The second kappa shape index (κ2) is 6.24. The van der Waals surface area contributed by atoms with Crippen LogP contribution >= 0.6 is 0 Å². The van der Waals surface area contributed by atoms with Gasteiger partial charge in [0.05, 0.1) is 6.61 Å². The van der Waals surface area contributed by atoms with Crippen molar-refractivity contribution in [3.05, 3.63) is 29.3 Å². The standard InChI is InChI=1S/C16H25NO/c1-12-8-9-16(15(10-12)13(2)17)18-11-14-6-4-3-5-7-14/h8-10,13-14H,3-7,11,17H2,1-2H3/t13-/m1/s1. The zero-order valence-corrected chi connectivity index (χ0v) is 11.6. The minimum atomic E-state index is 0.0336. The topological polar surface area (TPSA) is 35.2 Å². The van der Waals surface area contributed by atoms with Gasteiger partial charge in [-0.2, -0.15) is 0 Å². The summed E-state index contributed by atoms with van der Waals surface area (Å²) in [5, 5.41) is 0. The van der Waals surface area contributed by atoms with Gasteiger partial charge in [-0.25, -0.2) is 0 Å². The zero-order valence-electron chi connectivity index (χ0n) is 11.6. The number of hydrogen-bond acceptors (Lipinski definition) is 2. The van der Waals surface area contributed by atoms with E-state index in [4.69, 9.17) is 10.5 Å². The Kier molecular flexibility index (Phi) is 4.65. The molecule has 1 fully saturated rings. The third-order valence-electron chi connectivity index (χ3n) is 3.86. The van der Waals surface area contributed by atoms with Gasteiger partial charge in [-0.15, -0.1) is 0 Å². The normalized spacial score (nSPS) is 18.6. The average Bonchev–Trinajstić information content (AvgIpc) is 2.38. The van der Waals surface area contributed by atoms with Crippen molar-refractivity contribution in [1.82, 2.24) is 0 Å². The average molecular weight is 247 g/mol. The lowest BCUT2D eigenvalue weighted by atomic mass is 9.90. The molecule has 0 amide bonds. The molecule has 2 nitrogen and oxygen atoms in total.